The van der Waals surface area contributed by atoms with Crippen LogP contribution in [-0.2, 0) is 25.6 Å². The lowest BCUT2D eigenvalue weighted by Crippen LogP contribution is -2.44. The van der Waals surface area contributed by atoms with Crippen molar-refractivity contribution < 1.29 is 19.1 Å². The number of ether oxygens (including phenoxy) is 2. The van der Waals surface area contributed by atoms with E-state index in [1.807, 2.05) is 13.8 Å². The van der Waals surface area contributed by atoms with Gasteiger partial charge in [0.05, 0.1) is 6.61 Å². The van der Waals surface area contributed by atoms with Gasteiger partial charge in [-0.3, -0.25) is 24.0 Å². The van der Waals surface area contributed by atoms with E-state index in [0.717, 1.165) is 11.0 Å². The number of nitrogens with one attached hydrogen (secondary N) is 1. The van der Waals surface area contributed by atoms with Gasteiger partial charge in [0.25, 0.3) is 11.5 Å². The predicted octanol–water partition coefficient (Wildman–Crippen LogP) is -0.126. The van der Waals surface area contributed by atoms with E-state index in [4.69, 9.17) is 15.2 Å². The van der Waals surface area contributed by atoms with Crippen molar-refractivity contribution in [3.63, 3.8) is 0 Å². The summed E-state index contributed by atoms with van der Waals surface area (Å²) in [6, 6.07) is 0. The first-order chi connectivity index (χ1) is 12.7. The van der Waals surface area contributed by atoms with Crippen LogP contribution in [0.2, 0.25) is 0 Å². The fourth-order valence-electron chi connectivity index (χ4n) is 2.32. The van der Waals surface area contributed by atoms with Gasteiger partial charge in [-0.1, -0.05) is 19.9 Å². The van der Waals surface area contributed by atoms with E-state index in [9.17, 15) is 19.2 Å². The number of rotatable bonds is 9. The lowest BCUT2D eigenvalue weighted by molar-refractivity contribution is -0.143. The molecular formula is C17H26N4O6. The van der Waals surface area contributed by atoms with Crippen molar-refractivity contribution in [3.8, 4) is 0 Å². The lowest BCUT2D eigenvalue weighted by Gasteiger charge is -2.24. The van der Waals surface area contributed by atoms with E-state index in [2.05, 4.69) is 4.98 Å². The summed E-state index contributed by atoms with van der Waals surface area (Å²) >= 11 is 0. The molecule has 150 valence electrons. The number of aromatic nitrogens is 2. The Morgan fingerprint density at radius 2 is 2.00 bits per heavy atom. The molecule has 3 N–H and O–H groups in total. The molecule has 0 aromatic carbocycles. The minimum Gasteiger partial charge on any atom is -0.452 e. The highest BCUT2D eigenvalue weighted by molar-refractivity contribution is 5.97. The van der Waals surface area contributed by atoms with Crippen molar-refractivity contribution in [2.45, 2.75) is 27.3 Å². The number of nitrogens with zero attached hydrogens (tertiary/aromatic N) is 2. The van der Waals surface area contributed by atoms with Crippen molar-refractivity contribution in [3.05, 3.63) is 33.0 Å². The quantitative estimate of drug-likeness (QED) is 0.448. The van der Waals surface area contributed by atoms with E-state index in [0.29, 0.717) is 0 Å². The Hall–Kier alpha value is -2.88. The first-order valence-corrected chi connectivity index (χ1v) is 8.44. The number of esters is 1. The standard InChI is InChI=1S/C17H26N4O6/c1-5-6-13(23)27-10-12(22)20(7-8-26-4)14-15(18)21(9-11(2)3)17(25)19-16(14)24/h5-6,11H,7-10,18H2,1-4H3,(H,19,24,25)/b6-5+. The zero-order valence-electron chi connectivity index (χ0n) is 16.0. The second-order valence-electron chi connectivity index (χ2n) is 6.14. The van der Waals surface area contributed by atoms with E-state index in [-0.39, 0.29) is 37.1 Å². The molecule has 10 nitrogen and oxygen atoms in total. The Morgan fingerprint density at radius 3 is 2.56 bits per heavy atom. The maximum Gasteiger partial charge on any atom is 0.330 e. The van der Waals surface area contributed by atoms with E-state index in [1.54, 1.807) is 6.92 Å². The van der Waals surface area contributed by atoms with E-state index in [1.165, 1.54) is 17.8 Å². The minimum atomic E-state index is -0.804. The van der Waals surface area contributed by atoms with Crippen molar-refractivity contribution >= 4 is 23.4 Å². The number of carbonyl (C=O) groups is 2. The molecule has 0 radical (unpaired) electrons. The Balaban J connectivity index is 3.30. The lowest BCUT2D eigenvalue weighted by atomic mass is 10.2. The molecule has 0 bridgehead atoms. The molecule has 1 heterocycles. The van der Waals surface area contributed by atoms with Crippen LogP contribution in [-0.4, -0.2) is 48.3 Å². The molecule has 10 heteroatoms. The minimum absolute atomic E-state index is 0.0103. The third-order valence-electron chi connectivity index (χ3n) is 3.49. The van der Waals surface area contributed by atoms with Crippen LogP contribution in [0.3, 0.4) is 0 Å². The van der Waals surface area contributed by atoms with Crippen LogP contribution in [0.15, 0.2) is 21.7 Å². The number of allylic oxidation sites excluding steroid dienone is 1. The molecule has 0 spiro atoms. The molecule has 0 saturated carbocycles. The molecule has 1 rings (SSSR count). The van der Waals surface area contributed by atoms with Gasteiger partial charge in [-0.2, -0.15) is 0 Å². The summed E-state index contributed by atoms with van der Waals surface area (Å²) in [5, 5.41) is 0. The zero-order chi connectivity index (χ0) is 20.6. The second kappa shape index (κ2) is 10.3. The summed E-state index contributed by atoms with van der Waals surface area (Å²) in [4.78, 5) is 51.6. The molecule has 0 fully saturated rings. The first-order valence-electron chi connectivity index (χ1n) is 8.44. The fourth-order valence-corrected chi connectivity index (χ4v) is 2.32. The van der Waals surface area contributed by atoms with Crippen LogP contribution in [0, 0.1) is 5.92 Å². The van der Waals surface area contributed by atoms with Gasteiger partial charge >= 0.3 is 11.7 Å². The van der Waals surface area contributed by atoms with Gasteiger partial charge < -0.3 is 15.2 Å². The summed E-state index contributed by atoms with van der Waals surface area (Å²) in [7, 11) is 1.43. The highest BCUT2D eigenvalue weighted by Crippen LogP contribution is 2.18. The molecule has 0 saturated heterocycles. The third kappa shape index (κ3) is 6.10. The Kier molecular flexibility index (Phi) is 8.46. The van der Waals surface area contributed by atoms with Gasteiger partial charge in [-0.15, -0.1) is 0 Å². The number of hydrogen-bond acceptors (Lipinski definition) is 7. The average molecular weight is 382 g/mol. The summed E-state index contributed by atoms with van der Waals surface area (Å²) in [6.45, 7) is 5.16. The molecule has 0 unspecified atom stereocenters. The number of anilines is 2. The summed E-state index contributed by atoms with van der Waals surface area (Å²) in [5.41, 5.74) is 4.39. The Bertz CT molecular complexity index is 809. The number of amides is 1. The maximum atomic E-state index is 12.6. The number of nitrogens with two attached hydrogens (primary N) is 1. The van der Waals surface area contributed by atoms with Crippen LogP contribution in [0.4, 0.5) is 11.5 Å². The van der Waals surface area contributed by atoms with Crippen LogP contribution < -0.4 is 21.9 Å². The van der Waals surface area contributed by atoms with Crippen LogP contribution in [0.1, 0.15) is 20.8 Å². The summed E-state index contributed by atoms with van der Waals surface area (Å²) in [5.74, 6) is -1.42. The molecule has 0 atom stereocenters. The normalized spacial score (nSPS) is 11.1. The molecule has 27 heavy (non-hydrogen) atoms. The number of methoxy groups -OCH3 is 1. The Morgan fingerprint density at radius 1 is 1.33 bits per heavy atom. The Labute approximate surface area is 156 Å². The van der Waals surface area contributed by atoms with Crippen LogP contribution >= 0.6 is 0 Å². The van der Waals surface area contributed by atoms with Crippen LogP contribution in [0.5, 0.6) is 0 Å². The molecule has 1 aromatic heterocycles. The van der Waals surface area contributed by atoms with E-state index < -0.39 is 29.7 Å². The predicted molar refractivity (Wildman–Crippen MR) is 101 cm³/mol. The highest BCUT2D eigenvalue weighted by Gasteiger charge is 2.25. The largest absolute Gasteiger partial charge is 0.452 e. The number of nitrogen functional groups attached to an aromatic ring is 1. The second-order valence-corrected chi connectivity index (χ2v) is 6.14. The number of hydrogen-bond donors (Lipinski definition) is 2. The third-order valence-corrected chi connectivity index (χ3v) is 3.49. The number of carbonyl (C=O) groups excluding carboxylic acids is 2. The van der Waals surface area contributed by atoms with Crippen molar-refractivity contribution in [2.24, 2.45) is 5.92 Å². The molecule has 1 aromatic rings. The van der Waals surface area contributed by atoms with Gasteiger partial charge in [-0.05, 0) is 12.8 Å². The van der Waals surface area contributed by atoms with E-state index >= 15 is 0 Å². The summed E-state index contributed by atoms with van der Waals surface area (Å²) in [6.07, 6.45) is 2.64. The SMILES string of the molecule is C/C=C/C(=O)OCC(=O)N(CCOC)c1c(N)n(CC(C)C)c(=O)[nH]c1=O. The van der Waals surface area contributed by atoms with Gasteiger partial charge in [-0.25, -0.2) is 9.59 Å². The fraction of sp³-hybridized carbons (Fsp3) is 0.529. The van der Waals surface area contributed by atoms with Gasteiger partial charge in [0.15, 0.2) is 12.3 Å². The number of H-pyrrole nitrogens is 1. The molecule has 0 aliphatic heterocycles. The number of aromatic amines is 1. The topological polar surface area (TPSA) is 137 Å². The highest BCUT2D eigenvalue weighted by atomic mass is 16.5. The smallest absolute Gasteiger partial charge is 0.330 e. The van der Waals surface area contributed by atoms with Crippen LogP contribution in [0.25, 0.3) is 0 Å². The van der Waals surface area contributed by atoms with Crippen molar-refractivity contribution in [1.29, 1.82) is 0 Å². The summed E-state index contributed by atoms with van der Waals surface area (Å²) < 4.78 is 11.0. The zero-order valence-corrected chi connectivity index (χ0v) is 16.0. The first kappa shape index (κ1) is 22.2. The van der Waals surface area contributed by atoms with Crippen molar-refractivity contribution in [2.75, 3.05) is 37.5 Å². The van der Waals surface area contributed by atoms with Gasteiger partial charge in [0.2, 0.25) is 0 Å². The molecule has 0 aliphatic rings. The molecule has 0 aliphatic carbocycles. The maximum absolute atomic E-state index is 12.6. The van der Waals surface area contributed by atoms with Crippen molar-refractivity contribution in [1.82, 2.24) is 9.55 Å². The van der Waals surface area contributed by atoms with Gasteiger partial charge in [0.1, 0.15) is 5.82 Å². The van der Waals surface area contributed by atoms with Gasteiger partial charge in [0, 0.05) is 26.3 Å². The monoisotopic (exact) mass is 382 g/mol. The molecular weight excluding hydrogens is 356 g/mol. The average Bonchev–Trinajstić information content (AvgIpc) is 2.59. The molecule has 1 amide bonds.